The fourth-order valence-corrected chi connectivity index (χ4v) is 2.22. The van der Waals surface area contributed by atoms with Gasteiger partial charge in [-0.3, -0.25) is 9.79 Å². The standard InChI is InChI=1S/C15H29N3O2.HI/c1-12(2)9-11-18-15(16)17-10-5-8-14(19)20-13-6-3-4-7-13;/h12-13H,3-11H2,1-2H3,(H3,16,17,18);1H. The van der Waals surface area contributed by atoms with Crippen molar-refractivity contribution in [3.63, 3.8) is 0 Å². The number of nitrogens with one attached hydrogen (secondary N) is 1. The van der Waals surface area contributed by atoms with Crippen LogP contribution in [0.4, 0.5) is 0 Å². The fraction of sp³-hybridized carbons (Fsp3) is 0.867. The van der Waals surface area contributed by atoms with E-state index in [1.807, 2.05) is 0 Å². The number of ether oxygens (including phenoxy) is 1. The molecule has 1 aliphatic rings. The Morgan fingerprint density at radius 3 is 2.67 bits per heavy atom. The van der Waals surface area contributed by atoms with Crippen LogP contribution in [0.1, 0.15) is 58.8 Å². The summed E-state index contributed by atoms with van der Waals surface area (Å²) in [4.78, 5) is 15.8. The number of aliphatic imine (C=N–C) groups is 1. The largest absolute Gasteiger partial charge is 0.462 e. The summed E-state index contributed by atoms with van der Waals surface area (Å²) in [6, 6.07) is 0. The molecule has 124 valence electrons. The Balaban J connectivity index is 0.00000400. The molecule has 1 saturated carbocycles. The van der Waals surface area contributed by atoms with Crippen molar-refractivity contribution in [1.29, 1.82) is 0 Å². The molecule has 0 spiro atoms. The summed E-state index contributed by atoms with van der Waals surface area (Å²) >= 11 is 0. The molecule has 0 saturated heterocycles. The van der Waals surface area contributed by atoms with E-state index in [9.17, 15) is 4.79 Å². The predicted octanol–water partition coefficient (Wildman–Crippen LogP) is 2.82. The Morgan fingerprint density at radius 2 is 2.05 bits per heavy atom. The van der Waals surface area contributed by atoms with E-state index < -0.39 is 0 Å². The lowest BCUT2D eigenvalue weighted by atomic mass is 10.1. The topological polar surface area (TPSA) is 76.7 Å². The third-order valence-corrected chi connectivity index (χ3v) is 3.45. The smallest absolute Gasteiger partial charge is 0.306 e. The van der Waals surface area contributed by atoms with Crippen LogP contribution < -0.4 is 11.1 Å². The molecule has 6 heteroatoms. The predicted molar refractivity (Wildman–Crippen MR) is 96.9 cm³/mol. The van der Waals surface area contributed by atoms with Gasteiger partial charge in [-0.25, -0.2) is 0 Å². The van der Waals surface area contributed by atoms with Crippen LogP contribution >= 0.6 is 24.0 Å². The summed E-state index contributed by atoms with van der Waals surface area (Å²) in [5.41, 5.74) is 5.73. The molecule has 0 radical (unpaired) electrons. The molecule has 0 amide bonds. The van der Waals surface area contributed by atoms with Crippen LogP contribution in [0.3, 0.4) is 0 Å². The van der Waals surface area contributed by atoms with Crippen molar-refractivity contribution in [2.24, 2.45) is 16.6 Å². The number of carbonyl (C=O) groups is 1. The molecule has 0 unspecified atom stereocenters. The third-order valence-electron chi connectivity index (χ3n) is 3.45. The van der Waals surface area contributed by atoms with E-state index in [0.717, 1.165) is 25.8 Å². The monoisotopic (exact) mass is 411 g/mol. The van der Waals surface area contributed by atoms with Gasteiger partial charge in [0, 0.05) is 19.5 Å². The number of nitrogens with two attached hydrogens (primary N) is 1. The fourth-order valence-electron chi connectivity index (χ4n) is 2.22. The van der Waals surface area contributed by atoms with Crippen molar-refractivity contribution >= 4 is 35.9 Å². The Hall–Kier alpha value is -0.530. The van der Waals surface area contributed by atoms with Crippen molar-refractivity contribution in [3.05, 3.63) is 0 Å². The molecule has 0 bridgehead atoms. The lowest BCUT2D eigenvalue weighted by Gasteiger charge is -2.10. The van der Waals surface area contributed by atoms with Crippen molar-refractivity contribution in [2.45, 2.75) is 64.9 Å². The molecule has 5 nitrogen and oxygen atoms in total. The van der Waals surface area contributed by atoms with Crippen LogP contribution in [-0.4, -0.2) is 31.1 Å². The van der Waals surface area contributed by atoms with Crippen LogP contribution in [0.5, 0.6) is 0 Å². The zero-order chi connectivity index (χ0) is 14.8. The molecular weight excluding hydrogens is 381 g/mol. The van der Waals surface area contributed by atoms with Crippen LogP contribution in [0.15, 0.2) is 4.99 Å². The summed E-state index contributed by atoms with van der Waals surface area (Å²) in [6.07, 6.45) is 6.77. The minimum absolute atomic E-state index is 0. The zero-order valence-electron chi connectivity index (χ0n) is 13.3. The van der Waals surface area contributed by atoms with E-state index >= 15 is 0 Å². The second kappa shape index (κ2) is 12.1. The lowest BCUT2D eigenvalue weighted by Crippen LogP contribution is -2.33. The third kappa shape index (κ3) is 10.8. The van der Waals surface area contributed by atoms with Gasteiger partial charge >= 0.3 is 5.97 Å². The summed E-state index contributed by atoms with van der Waals surface area (Å²) in [6.45, 7) is 5.76. The second-order valence-corrected chi connectivity index (χ2v) is 5.88. The molecule has 0 heterocycles. The van der Waals surface area contributed by atoms with E-state index in [-0.39, 0.29) is 36.0 Å². The van der Waals surface area contributed by atoms with Gasteiger partial charge in [0.15, 0.2) is 5.96 Å². The van der Waals surface area contributed by atoms with Gasteiger partial charge in [-0.1, -0.05) is 13.8 Å². The van der Waals surface area contributed by atoms with Gasteiger partial charge in [0.25, 0.3) is 0 Å². The number of hydrogen-bond donors (Lipinski definition) is 2. The number of hydrogen-bond acceptors (Lipinski definition) is 3. The minimum Gasteiger partial charge on any atom is -0.462 e. The van der Waals surface area contributed by atoms with Gasteiger partial charge in [-0.2, -0.15) is 0 Å². The summed E-state index contributed by atoms with van der Waals surface area (Å²) in [5, 5.41) is 3.07. The molecule has 1 fully saturated rings. The summed E-state index contributed by atoms with van der Waals surface area (Å²) < 4.78 is 5.38. The van der Waals surface area contributed by atoms with Gasteiger partial charge in [0.05, 0.1) is 0 Å². The quantitative estimate of drug-likeness (QED) is 0.212. The van der Waals surface area contributed by atoms with Gasteiger partial charge in [-0.15, -0.1) is 24.0 Å². The van der Waals surface area contributed by atoms with Gasteiger partial charge in [-0.05, 0) is 44.4 Å². The lowest BCUT2D eigenvalue weighted by molar-refractivity contribution is -0.148. The number of carbonyl (C=O) groups excluding carboxylic acids is 1. The van der Waals surface area contributed by atoms with Crippen LogP contribution in [0.25, 0.3) is 0 Å². The highest BCUT2D eigenvalue weighted by Crippen LogP contribution is 2.21. The first kappa shape index (κ1) is 20.5. The molecule has 3 N–H and O–H groups in total. The maximum Gasteiger partial charge on any atom is 0.306 e. The minimum atomic E-state index is -0.0987. The molecule has 1 rings (SSSR count). The van der Waals surface area contributed by atoms with Crippen molar-refractivity contribution < 1.29 is 9.53 Å². The van der Waals surface area contributed by atoms with Crippen LogP contribution in [0.2, 0.25) is 0 Å². The van der Waals surface area contributed by atoms with Crippen LogP contribution in [-0.2, 0) is 9.53 Å². The molecule has 0 aromatic carbocycles. The van der Waals surface area contributed by atoms with E-state index in [1.54, 1.807) is 0 Å². The molecule has 1 aliphatic carbocycles. The van der Waals surface area contributed by atoms with Crippen molar-refractivity contribution in [1.82, 2.24) is 5.32 Å². The molecule has 0 aromatic heterocycles. The molecule has 0 aliphatic heterocycles. The van der Waals surface area contributed by atoms with Gasteiger partial charge in [0.1, 0.15) is 6.10 Å². The maximum atomic E-state index is 11.6. The normalized spacial score (nSPS) is 15.9. The van der Waals surface area contributed by atoms with Crippen molar-refractivity contribution in [3.8, 4) is 0 Å². The average molecular weight is 411 g/mol. The highest BCUT2D eigenvalue weighted by molar-refractivity contribution is 14.0. The zero-order valence-corrected chi connectivity index (χ0v) is 15.6. The summed E-state index contributed by atoms with van der Waals surface area (Å²) in [7, 11) is 0. The van der Waals surface area contributed by atoms with E-state index in [0.29, 0.717) is 31.3 Å². The first-order chi connectivity index (χ1) is 9.58. The summed E-state index contributed by atoms with van der Waals surface area (Å²) in [5.74, 6) is 1.02. The molecular formula is C15H30IN3O2. The average Bonchev–Trinajstić information content (AvgIpc) is 2.87. The van der Waals surface area contributed by atoms with E-state index in [1.165, 1.54) is 12.8 Å². The molecule has 0 aromatic rings. The Kier molecular flexibility index (Phi) is 11.8. The Labute approximate surface area is 145 Å². The van der Waals surface area contributed by atoms with Gasteiger partial charge in [0.2, 0.25) is 0 Å². The first-order valence-corrected chi connectivity index (χ1v) is 7.81. The second-order valence-electron chi connectivity index (χ2n) is 5.88. The van der Waals surface area contributed by atoms with Crippen LogP contribution in [0, 0.1) is 5.92 Å². The maximum absolute atomic E-state index is 11.6. The number of rotatable bonds is 8. The van der Waals surface area contributed by atoms with E-state index in [2.05, 4.69) is 24.2 Å². The Bertz CT molecular complexity index is 316. The molecule has 21 heavy (non-hydrogen) atoms. The highest BCUT2D eigenvalue weighted by atomic mass is 127. The highest BCUT2D eigenvalue weighted by Gasteiger charge is 2.18. The van der Waals surface area contributed by atoms with E-state index in [4.69, 9.17) is 10.5 Å². The van der Waals surface area contributed by atoms with Crippen molar-refractivity contribution in [2.75, 3.05) is 13.1 Å². The Morgan fingerprint density at radius 1 is 1.38 bits per heavy atom. The SMILES string of the molecule is CC(C)CCNC(N)=NCCCC(=O)OC1CCCC1.I. The number of halogens is 1. The molecule has 0 atom stereocenters. The van der Waals surface area contributed by atoms with Gasteiger partial charge < -0.3 is 15.8 Å². The number of nitrogens with zero attached hydrogens (tertiary/aromatic N) is 1. The number of esters is 1. The first-order valence-electron chi connectivity index (χ1n) is 7.81. The number of guanidine groups is 1.